The molecule has 0 fully saturated rings. The van der Waals surface area contributed by atoms with Gasteiger partial charge in [-0.25, -0.2) is 0 Å². The van der Waals surface area contributed by atoms with E-state index in [-0.39, 0.29) is 22.6 Å². The lowest BCUT2D eigenvalue weighted by Gasteiger charge is -2.14. The Hall–Kier alpha value is -3.35. The van der Waals surface area contributed by atoms with E-state index in [1.165, 1.54) is 19.2 Å². The second-order valence-corrected chi connectivity index (χ2v) is 5.18. The Balaban J connectivity index is 1.71. The van der Waals surface area contributed by atoms with Crippen molar-refractivity contribution in [3.63, 3.8) is 0 Å². The van der Waals surface area contributed by atoms with E-state index < -0.39 is 24.3 Å². The van der Waals surface area contributed by atoms with Crippen molar-refractivity contribution in [3.05, 3.63) is 53.6 Å². The number of hydrogen-bond acceptors (Lipinski definition) is 5. The largest absolute Gasteiger partial charge is 0.504 e. The molecule has 0 saturated heterocycles. The van der Waals surface area contributed by atoms with Gasteiger partial charge in [-0.05, 0) is 24.3 Å². The fourth-order valence-electron chi connectivity index (χ4n) is 2.49. The van der Waals surface area contributed by atoms with Crippen LogP contribution in [-0.2, 0) is 4.79 Å². The number of nitrogens with zero attached hydrogens (tertiary/aromatic N) is 1. The number of carbonyl (C=O) groups is 3. The maximum Gasteiger partial charge on any atom is 0.262 e. The number of imide groups is 1. The van der Waals surface area contributed by atoms with Gasteiger partial charge < -0.3 is 15.2 Å². The minimum atomic E-state index is -0.547. The molecule has 3 rings (SSSR count). The van der Waals surface area contributed by atoms with Crippen LogP contribution in [0.25, 0.3) is 0 Å². The summed E-state index contributed by atoms with van der Waals surface area (Å²) in [5.41, 5.74) is 0.907. The van der Waals surface area contributed by atoms with E-state index in [0.29, 0.717) is 5.69 Å². The number of amides is 3. The van der Waals surface area contributed by atoms with E-state index in [1.807, 2.05) is 0 Å². The monoisotopic (exact) mass is 326 g/mol. The molecule has 7 heteroatoms. The lowest BCUT2D eigenvalue weighted by atomic mass is 10.1. The second kappa shape index (κ2) is 6.04. The van der Waals surface area contributed by atoms with Gasteiger partial charge in [0, 0.05) is 11.8 Å². The predicted octanol–water partition coefficient (Wildman–Crippen LogP) is 1.64. The molecule has 0 saturated carbocycles. The van der Waals surface area contributed by atoms with Gasteiger partial charge >= 0.3 is 0 Å². The maximum absolute atomic E-state index is 12.2. The Kier molecular flexibility index (Phi) is 3.91. The van der Waals surface area contributed by atoms with Crippen molar-refractivity contribution in [1.29, 1.82) is 0 Å². The molecule has 0 aliphatic carbocycles. The van der Waals surface area contributed by atoms with E-state index in [4.69, 9.17) is 4.74 Å². The molecular weight excluding hydrogens is 312 g/mol. The van der Waals surface area contributed by atoms with E-state index in [9.17, 15) is 19.5 Å². The summed E-state index contributed by atoms with van der Waals surface area (Å²) < 4.78 is 4.92. The predicted molar refractivity (Wildman–Crippen MR) is 85.1 cm³/mol. The lowest BCUT2D eigenvalue weighted by molar-refractivity contribution is -0.116. The van der Waals surface area contributed by atoms with Gasteiger partial charge in [0.05, 0.1) is 18.2 Å². The average molecular weight is 326 g/mol. The molecular formula is C17H14N2O5. The number of phenolic OH excluding ortho intramolecular Hbond substituents is 1. The van der Waals surface area contributed by atoms with Crippen LogP contribution in [0, 0.1) is 0 Å². The van der Waals surface area contributed by atoms with Crippen LogP contribution in [0.2, 0.25) is 0 Å². The first-order valence-corrected chi connectivity index (χ1v) is 7.13. The van der Waals surface area contributed by atoms with Crippen molar-refractivity contribution in [2.24, 2.45) is 0 Å². The molecule has 2 N–H and O–H groups in total. The highest BCUT2D eigenvalue weighted by Crippen LogP contribution is 2.28. The second-order valence-electron chi connectivity index (χ2n) is 5.18. The molecule has 0 spiro atoms. The number of methoxy groups -OCH3 is 1. The van der Waals surface area contributed by atoms with E-state index in [1.54, 1.807) is 30.3 Å². The fourth-order valence-corrected chi connectivity index (χ4v) is 2.49. The summed E-state index contributed by atoms with van der Waals surface area (Å²) >= 11 is 0. The molecule has 1 aliphatic rings. The van der Waals surface area contributed by atoms with Gasteiger partial charge in [-0.15, -0.1) is 0 Å². The number of benzene rings is 2. The Bertz CT molecular complexity index is 812. The van der Waals surface area contributed by atoms with Crippen LogP contribution >= 0.6 is 0 Å². The Labute approximate surface area is 137 Å². The van der Waals surface area contributed by atoms with Crippen LogP contribution in [0.5, 0.6) is 11.5 Å². The van der Waals surface area contributed by atoms with Crippen LogP contribution in [0.15, 0.2) is 42.5 Å². The van der Waals surface area contributed by atoms with Crippen LogP contribution < -0.4 is 10.1 Å². The van der Waals surface area contributed by atoms with Crippen LogP contribution in [-0.4, -0.2) is 41.4 Å². The van der Waals surface area contributed by atoms with Crippen LogP contribution in [0.4, 0.5) is 5.69 Å². The fraction of sp³-hybridized carbons (Fsp3) is 0.118. The van der Waals surface area contributed by atoms with E-state index in [0.717, 1.165) is 4.90 Å². The molecule has 0 bridgehead atoms. The zero-order valence-electron chi connectivity index (χ0n) is 12.8. The smallest absolute Gasteiger partial charge is 0.262 e. The van der Waals surface area contributed by atoms with Crippen molar-refractivity contribution in [2.45, 2.75) is 0 Å². The number of fused-ring (bicyclic) bond motifs is 1. The van der Waals surface area contributed by atoms with Gasteiger partial charge in [-0.2, -0.15) is 0 Å². The average Bonchev–Trinajstić information content (AvgIpc) is 2.80. The highest BCUT2D eigenvalue weighted by Gasteiger charge is 2.36. The third kappa shape index (κ3) is 2.67. The number of rotatable bonds is 4. The van der Waals surface area contributed by atoms with Crippen molar-refractivity contribution in [1.82, 2.24) is 4.90 Å². The van der Waals surface area contributed by atoms with Gasteiger partial charge in [0.15, 0.2) is 11.5 Å². The molecule has 1 aliphatic heterocycles. The first-order chi connectivity index (χ1) is 11.5. The van der Waals surface area contributed by atoms with E-state index in [2.05, 4.69) is 5.32 Å². The summed E-state index contributed by atoms with van der Waals surface area (Å²) in [4.78, 5) is 37.4. The summed E-state index contributed by atoms with van der Waals surface area (Å²) in [6.07, 6.45) is 0. The molecule has 122 valence electrons. The Morgan fingerprint density at radius 3 is 2.29 bits per heavy atom. The highest BCUT2D eigenvalue weighted by molar-refractivity contribution is 6.22. The summed E-state index contributed by atoms with van der Waals surface area (Å²) in [6, 6.07) is 10.8. The summed E-state index contributed by atoms with van der Waals surface area (Å²) in [6.45, 7) is -0.404. The van der Waals surface area contributed by atoms with Gasteiger partial charge in [-0.3, -0.25) is 19.3 Å². The molecule has 3 amide bonds. The number of phenols is 1. The van der Waals surface area contributed by atoms with Crippen LogP contribution in [0.3, 0.4) is 0 Å². The highest BCUT2D eigenvalue weighted by atomic mass is 16.5. The maximum atomic E-state index is 12.2. The molecule has 0 atom stereocenters. The minimum absolute atomic E-state index is 0.129. The van der Waals surface area contributed by atoms with Gasteiger partial charge in [-0.1, -0.05) is 12.1 Å². The summed E-state index contributed by atoms with van der Waals surface area (Å²) in [5, 5.41) is 12.2. The molecule has 7 nitrogen and oxygen atoms in total. The first kappa shape index (κ1) is 15.5. The molecule has 0 unspecified atom stereocenters. The van der Waals surface area contributed by atoms with Gasteiger partial charge in [0.1, 0.15) is 6.54 Å². The van der Waals surface area contributed by atoms with Crippen molar-refractivity contribution < 1.29 is 24.2 Å². The summed E-state index contributed by atoms with van der Waals surface area (Å²) in [7, 11) is 1.41. The third-order valence-electron chi connectivity index (χ3n) is 3.64. The number of nitrogens with one attached hydrogen (secondary N) is 1. The molecule has 2 aromatic carbocycles. The zero-order chi connectivity index (χ0) is 17.3. The van der Waals surface area contributed by atoms with Crippen LogP contribution in [0.1, 0.15) is 20.7 Å². The zero-order valence-corrected chi connectivity index (χ0v) is 12.8. The topological polar surface area (TPSA) is 95.9 Å². The molecule has 0 aromatic heterocycles. The SMILES string of the molecule is COc1ccc(NC(=O)CN2C(=O)c3ccccc3C2=O)cc1O. The first-order valence-electron chi connectivity index (χ1n) is 7.13. The molecule has 1 heterocycles. The lowest BCUT2D eigenvalue weighted by Crippen LogP contribution is -2.37. The Morgan fingerprint density at radius 1 is 1.12 bits per heavy atom. The Morgan fingerprint density at radius 2 is 1.75 bits per heavy atom. The van der Waals surface area contributed by atoms with Gasteiger partial charge in [0.25, 0.3) is 11.8 Å². The summed E-state index contributed by atoms with van der Waals surface area (Å²) in [5.74, 6) is -1.40. The standard InChI is InChI=1S/C17H14N2O5/c1-24-14-7-6-10(8-13(14)20)18-15(21)9-19-16(22)11-4-2-3-5-12(11)17(19)23/h2-8,20H,9H2,1H3,(H,18,21). The van der Waals surface area contributed by atoms with Crippen molar-refractivity contribution in [2.75, 3.05) is 19.0 Å². The minimum Gasteiger partial charge on any atom is -0.504 e. The third-order valence-corrected chi connectivity index (χ3v) is 3.64. The quantitative estimate of drug-likeness (QED) is 0.833. The van der Waals surface area contributed by atoms with E-state index >= 15 is 0 Å². The van der Waals surface area contributed by atoms with Crippen molar-refractivity contribution in [3.8, 4) is 11.5 Å². The molecule has 24 heavy (non-hydrogen) atoms. The van der Waals surface area contributed by atoms with Crippen molar-refractivity contribution >= 4 is 23.4 Å². The number of ether oxygens (including phenoxy) is 1. The number of anilines is 1. The number of hydrogen-bond donors (Lipinski definition) is 2. The molecule has 2 aromatic rings. The normalized spacial score (nSPS) is 13.0. The molecule has 0 radical (unpaired) electrons. The number of aromatic hydroxyl groups is 1. The van der Waals surface area contributed by atoms with Gasteiger partial charge in [0.2, 0.25) is 5.91 Å². The number of carbonyl (C=O) groups excluding carboxylic acids is 3.